The van der Waals surface area contributed by atoms with Gasteiger partial charge in [-0.1, -0.05) is 20.8 Å². The number of halogens is 4. The van der Waals surface area contributed by atoms with Crippen molar-refractivity contribution in [2.24, 2.45) is 0 Å². The Balaban J connectivity index is 3.15. The van der Waals surface area contributed by atoms with Crippen LogP contribution in [0.25, 0.3) is 0 Å². The molecule has 0 aliphatic carbocycles. The summed E-state index contributed by atoms with van der Waals surface area (Å²) < 4.78 is 38.2. The van der Waals surface area contributed by atoms with Crippen molar-refractivity contribution in [1.29, 1.82) is 0 Å². The molecule has 0 bridgehead atoms. The quantitative estimate of drug-likeness (QED) is 0.773. The minimum atomic E-state index is -4.29. The first kappa shape index (κ1) is 16.5. The zero-order chi connectivity index (χ0) is 14.6. The van der Waals surface area contributed by atoms with Gasteiger partial charge in [-0.3, -0.25) is 0 Å². The molecule has 1 aromatic heterocycles. The van der Waals surface area contributed by atoms with Crippen LogP contribution < -0.4 is 5.32 Å². The normalized spacial score (nSPS) is 12.0. The highest BCUT2D eigenvalue weighted by Gasteiger charge is 2.30. The fourth-order valence-electron chi connectivity index (χ4n) is 1.51. The van der Waals surface area contributed by atoms with Crippen molar-refractivity contribution in [3.63, 3.8) is 0 Å². The second kappa shape index (κ2) is 6.71. The third kappa shape index (κ3) is 5.12. The molecule has 7 heteroatoms. The molecule has 0 saturated carbocycles. The van der Waals surface area contributed by atoms with Crippen LogP contribution in [0.5, 0.6) is 0 Å². The smallest absolute Gasteiger partial charge is 0.369 e. The molecular formula is C12H17F3IN3. The van der Waals surface area contributed by atoms with Gasteiger partial charge in [0, 0.05) is 6.54 Å². The van der Waals surface area contributed by atoms with Crippen LogP contribution >= 0.6 is 22.6 Å². The Kier molecular flexibility index (Phi) is 5.82. The third-order valence-corrected chi connectivity index (χ3v) is 3.43. The van der Waals surface area contributed by atoms with E-state index in [1.54, 1.807) is 0 Å². The molecular weight excluding hydrogens is 370 g/mol. The van der Waals surface area contributed by atoms with E-state index in [9.17, 15) is 13.2 Å². The zero-order valence-corrected chi connectivity index (χ0v) is 13.3. The molecule has 0 aliphatic rings. The van der Waals surface area contributed by atoms with Crippen molar-refractivity contribution in [2.45, 2.75) is 45.7 Å². The van der Waals surface area contributed by atoms with Crippen molar-refractivity contribution in [1.82, 2.24) is 9.97 Å². The largest absolute Gasteiger partial charge is 0.396 e. The molecule has 0 amide bonds. The Bertz CT molecular complexity index is 433. The summed E-state index contributed by atoms with van der Waals surface area (Å²) in [5, 5.41) is 3.06. The molecule has 19 heavy (non-hydrogen) atoms. The number of nitrogens with zero attached hydrogens (tertiary/aromatic N) is 2. The van der Waals surface area contributed by atoms with Crippen LogP contribution in [0.1, 0.15) is 44.6 Å². The summed E-state index contributed by atoms with van der Waals surface area (Å²) >= 11 is 2.08. The lowest BCUT2D eigenvalue weighted by Crippen LogP contribution is -2.18. The van der Waals surface area contributed by atoms with Crippen LogP contribution in [0.4, 0.5) is 19.0 Å². The van der Waals surface area contributed by atoms with Crippen molar-refractivity contribution >= 4 is 28.4 Å². The number of alkyl halides is 3. The highest BCUT2D eigenvalue weighted by molar-refractivity contribution is 14.1. The standard InChI is InChI=1S/C12H17F3IN3/c1-4-5-17-11-9(16)10(7(2)3)18-8(19-11)6-12(13,14)15/h7H,4-6H2,1-3H3,(H,17,18,19). The average molecular weight is 387 g/mol. The lowest BCUT2D eigenvalue weighted by molar-refractivity contribution is -0.128. The second-order valence-corrected chi connectivity index (χ2v) is 5.64. The number of hydrogen-bond donors (Lipinski definition) is 1. The van der Waals surface area contributed by atoms with Crippen LogP contribution in [0.15, 0.2) is 0 Å². The van der Waals surface area contributed by atoms with Gasteiger partial charge in [-0.05, 0) is 34.9 Å². The summed E-state index contributed by atoms with van der Waals surface area (Å²) in [4.78, 5) is 8.04. The van der Waals surface area contributed by atoms with Crippen LogP contribution in [0.3, 0.4) is 0 Å². The van der Waals surface area contributed by atoms with E-state index in [0.717, 1.165) is 9.99 Å². The van der Waals surface area contributed by atoms with Gasteiger partial charge in [-0.15, -0.1) is 0 Å². The fraction of sp³-hybridized carbons (Fsp3) is 0.667. The highest BCUT2D eigenvalue weighted by Crippen LogP contribution is 2.27. The summed E-state index contributed by atoms with van der Waals surface area (Å²) in [6.45, 7) is 6.48. The Labute approximate surface area is 124 Å². The molecule has 0 fully saturated rings. The van der Waals surface area contributed by atoms with E-state index in [0.29, 0.717) is 18.1 Å². The predicted octanol–water partition coefficient (Wildman–Crippen LogP) is 4.13. The average Bonchev–Trinajstić information content (AvgIpc) is 2.27. The van der Waals surface area contributed by atoms with Gasteiger partial charge >= 0.3 is 6.18 Å². The molecule has 1 aromatic rings. The molecule has 0 aromatic carbocycles. The minimum absolute atomic E-state index is 0.0593. The van der Waals surface area contributed by atoms with E-state index in [1.165, 1.54) is 0 Å². The zero-order valence-electron chi connectivity index (χ0n) is 11.1. The highest BCUT2D eigenvalue weighted by atomic mass is 127. The minimum Gasteiger partial charge on any atom is -0.369 e. The van der Waals surface area contributed by atoms with Crippen LogP contribution in [0.2, 0.25) is 0 Å². The van der Waals surface area contributed by atoms with Gasteiger partial charge in [-0.25, -0.2) is 9.97 Å². The number of hydrogen-bond acceptors (Lipinski definition) is 3. The molecule has 1 heterocycles. The topological polar surface area (TPSA) is 37.8 Å². The Hall–Kier alpha value is -0.600. The summed E-state index contributed by atoms with van der Waals surface area (Å²) in [7, 11) is 0. The van der Waals surface area contributed by atoms with E-state index >= 15 is 0 Å². The van der Waals surface area contributed by atoms with Crippen molar-refractivity contribution < 1.29 is 13.2 Å². The van der Waals surface area contributed by atoms with Gasteiger partial charge in [-0.2, -0.15) is 13.2 Å². The Morgan fingerprint density at radius 1 is 1.26 bits per heavy atom. The van der Waals surface area contributed by atoms with E-state index < -0.39 is 12.6 Å². The lowest BCUT2D eigenvalue weighted by Gasteiger charge is -2.15. The SMILES string of the molecule is CCCNc1nc(CC(F)(F)F)nc(C(C)C)c1I. The van der Waals surface area contributed by atoms with Crippen molar-refractivity contribution in [2.75, 3.05) is 11.9 Å². The Morgan fingerprint density at radius 3 is 2.37 bits per heavy atom. The Morgan fingerprint density at radius 2 is 1.89 bits per heavy atom. The maximum atomic E-state index is 12.5. The van der Waals surface area contributed by atoms with Gasteiger partial charge < -0.3 is 5.32 Å². The van der Waals surface area contributed by atoms with Gasteiger partial charge in [0.15, 0.2) is 0 Å². The third-order valence-electron chi connectivity index (χ3n) is 2.37. The molecule has 0 atom stereocenters. The van der Waals surface area contributed by atoms with Crippen LogP contribution in [-0.2, 0) is 6.42 Å². The van der Waals surface area contributed by atoms with E-state index in [-0.39, 0.29) is 11.7 Å². The first-order valence-electron chi connectivity index (χ1n) is 6.11. The van der Waals surface area contributed by atoms with Crippen molar-refractivity contribution in [3.05, 3.63) is 15.1 Å². The number of aromatic nitrogens is 2. The fourth-order valence-corrected chi connectivity index (χ4v) is 2.57. The van der Waals surface area contributed by atoms with Crippen molar-refractivity contribution in [3.8, 4) is 0 Å². The maximum Gasteiger partial charge on any atom is 0.396 e. The molecule has 108 valence electrons. The molecule has 1 N–H and O–H groups in total. The maximum absolute atomic E-state index is 12.5. The van der Waals surface area contributed by atoms with Crippen LogP contribution in [-0.4, -0.2) is 22.7 Å². The molecule has 0 unspecified atom stereocenters. The number of rotatable bonds is 5. The summed E-state index contributed by atoms with van der Waals surface area (Å²) in [5.74, 6) is 0.389. The second-order valence-electron chi connectivity index (χ2n) is 4.56. The summed E-state index contributed by atoms with van der Waals surface area (Å²) in [6, 6.07) is 0. The summed E-state index contributed by atoms with van der Waals surface area (Å²) in [6.07, 6.45) is -4.50. The lowest BCUT2D eigenvalue weighted by atomic mass is 10.1. The van der Waals surface area contributed by atoms with Gasteiger partial charge in [0.05, 0.1) is 9.26 Å². The van der Waals surface area contributed by atoms with Gasteiger partial charge in [0.25, 0.3) is 0 Å². The number of anilines is 1. The number of nitrogens with one attached hydrogen (secondary N) is 1. The summed E-state index contributed by atoms with van der Waals surface area (Å²) in [5.41, 5.74) is 0.661. The van der Waals surface area contributed by atoms with E-state index in [1.807, 2.05) is 20.8 Å². The molecule has 0 spiro atoms. The molecule has 0 aliphatic heterocycles. The van der Waals surface area contributed by atoms with Gasteiger partial charge in [0.2, 0.25) is 0 Å². The first-order valence-corrected chi connectivity index (χ1v) is 7.19. The van der Waals surface area contributed by atoms with E-state index in [4.69, 9.17) is 0 Å². The van der Waals surface area contributed by atoms with Gasteiger partial charge in [0.1, 0.15) is 18.1 Å². The first-order chi connectivity index (χ1) is 8.74. The predicted molar refractivity (Wildman–Crippen MR) is 77.4 cm³/mol. The van der Waals surface area contributed by atoms with E-state index in [2.05, 4.69) is 37.9 Å². The molecule has 3 nitrogen and oxygen atoms in total. The molecule has 1 rings (SSSR count). The molecule has 0 saturated heterocycles. The molecule has 0 radical (unpaired) electrons. The monoisotopic (exact) mass is 387 g/mol. The van der Waals surface area contributed by atoms with Crippen LogP contribution in [0, 0.1) is 3.57 Å².